The Morgan fingerprint density at radius 2 is 1.70 bits per heavy atom. The van der Waals surface area contributed by atoms with Gasteiger partial charge in [0.15, 0.2) is 6.61 Å². The molecule has 2 N–H and O–H groups in total. The molecule has 0 spiro atoms. The van der Waals surface area contributed by atoms with E-state index in [1.807, 2.05) is 31.2 Å². The second kappa shape index (κ2) is 9.91. The largest absolute Gasteiger partial charge is 0.455 e. The maximum atomic E-state index is 11.7. The molecule has 0 radical (unpaired) electrons. The summed E-state index contributed by atoms with van der Waals surface area (Å²) in [5, 5.41) is 16.2. The van der Waals surface area contributed by atoms with Crippen LogP contribution in [0, 0.1) is 17.0 Å². The molecule has 0 aliphatic heterocycles. The van der Waals surface area contributed by atoms with E-state index in [0.717, 1.165) is 11.1 Å². The monoisotopic (exact) mass is 371 g/mol. The first kappa shape index (κ1) is 19.9. The number of carbonyl (C=O) groups is 2. The summed E-state index contributed by atoms with van der Waals surface area (Å²) in [6, 6.07) is 13.5. The molecule has 0 bridgehead atoms. The van der Waals surface area contributed by atoms with Crippen molar-refractivity contribution in [2.45, 2.75) is 13.3 Å². The van der Waals surface area contributed by atoms with Crippen LogP contribution in [0.3, 0.4) is 0 Å². The minimum atomic E-state index is -0.468. The van der Waals surface area contributed by atoms with Crippen LogP contribution in [0.5, 0.6) is 0 Å². The number of nitrogens with zero attached hydrogens (tertiary/aromatic N) is 1. The Kier molecular flexibility index (Phi) is 7.30. The first-order valence-corrected chi connectivity index (χ1v) is 8.40. The van der Waals surface area contributed by atoms with Crippen LogP contribution in [0.25, 0.3) is 0 Å². The van der Waals surface area contributed by atoms with Gasteiger partial charge in [-0.3, -0.25) is 19.7 Å². The maximum absolute atomic E-state index is 11.7. The molecule has 2 aromatic carbocycles. The van der Waals surface area contributed by atoms with Gasteiger partial charge in [0.05, 0.1) is 11.3 Å². The zero-order chi connectivity index (χ0) is 19.6. The molecule has 0 aromatic heterocycles. The molecule has 142 valence electrons. The van der Waals surface area contributed by atoms with E-state index >= 15 is 0 Å². The van der Waals surface area contributed by atoms with Crippen molar-refractivity contribution < 1.29 is 19.2 Å². The summed E-state index contributed by atoms with van der Waals surface area (Å²) in [4.78, 5) is 33.5. The average Bonchev–Trinajstić information content (AvgIpc) is 2.66. The minimum Gasteiger partial charge on any atom is -0.455 e. The molecule has 2 aromatic rings. The Bertz CT molecular complexity index is 788. The van der Waals surface area contributed by atoms with E-state index in [2.05, 4.69) is 10.6 Å². The first-order chi connectivity index (χ1) is 12.9. The van der Waals surface area contributed by atoms with Crippen LogP contribution in [-0.2, 0) is 20.7 Å². The van der Waals surface area contributed by atoms with Gasteiger partial charge in [0.25, 0.3) is 11.6 Å². The predicted molar refractivity (Wildman–Crippen MR) is 100 cm³/mol. The summed E-state index contributed by atoms with van der Waals surface area (Å²) in [5.74, 6) is -0.851. The zero-order valence-electron chi connectivity index (χ0n) is 14.9. The minimum absolute atomic E-state index is 0.0151. The number of nitro benzene ring substituents is 1. The molecule has 0 aliphatic rings. The number of rotatable bonds is 9. The lowest BCUT2D eigenvalue weighted by Crippen LogP contribution is -2.32. The van der Waals surface area contributed by atoms with Gasteiger partial charge < -0.3 is 15.4 Å². The average molecular weight is 371 g/mol. The number of anilines is 1. The van der Waals surface area contributed by atoms with E-state index in [9.17, 15) is 19.7 Å². The standard InChI is InChI=1S/C19H21N3O5/c1-14-2-4-15(5-3-14)12-19(24)27-13-18(23)21-11-10-20-16-6-8-17(9-7-16)22(25)26/h2-9,20H,10-13H2,1H3,(H,21,23). The molecule has 0 unspecified atom stereocenters. The molecular weight excluding hydrogens is 350 g/mol. The number of amides is 1. The molecule has 8 nitrogen and oxygen atoms in total. The smallest absolute Gasteiger partial charge is 0.310 e. The Morgan fingerprint density at radius 1 is 1.04 bits per heavy atom. The van der Waals surface area contributed by atoms with Gasteiger partial charge in [-0.1, -0.05) is 29.8 Å². The maximum Gasteiger partial charge on any atom is 0.310 e. The van der Waals surface area contributed by atoms with Crippen molar-refractivity contribution in [2.75, 3.05) is 25.0 Å². The fourth-order valence-corrected chi connectivity index (χ4v) is 2.23. The molecule has 27 heavy (non-hydrogen) atoms. The van der Waals surface area contributed by atoms with Crippen molar-refractivity contribution in [3.05, 3.63) is 69.8 Å². The number of benzene rings is 2. The van der Waals surface area contributed by atoms with Crippen LogP contribution in [-0.4, -0.2) is 36.5 Å². The van der Waals surface area contributed by atoms with Gasteiger partial charge in [-0.05, 0) is 24.6 Å². The fraction of sp³-hybridized carbons (Fsp3) is 0.263. The van der Waals surface area contributed by atoms with Gasteiger partial charge in [0, 0.05) is 30.9 Å². The number of hydrogen-bond acceptors (Lipinski definition) is 6. The van der Waals surface area contributed by atoms with Gasteiger partial charge >= 0.3 is 5.97 Å². The molecule has 0 saturated carbocycles. The van der Waals surface area contributed by atoms with Crippen LogP contribution in [0.4, 0.5) is 11.4 Å². The zero-order valence-corrected chi connectivity index (χ0v) is 14.9. The lowest BCUT2D eigenvalue weighted by molar-refractivity contribution is -0.384. The summed E-state index contributed by atoms with van der Waals surface area (Å²) in [5.41, 5.74) is 2.66. The lowest BCUT2D eigenvalue weighted by atomic mass is 10.1. The lowest BCUT2D eigenvalue weighted by Gasteiger charge is -2.08. The van der Waals surface area contributed by atoms with Gasteiger partial charge in [-0.2, -0.15) is 0 Å². The Balaban J connectivity index is 1.61. The van der Waals surface area contributed by atoms with Gasteiger partial charge in [-0.15, -0.1) is 0 Å². The van der Waals surface area contributed by atoms with Crippen LogP contribution in [0.2, 0.25) is 0 Å². The van der Waals surface area contributed by atoms with Gasteiger partial charge in [-0.25, -0.2) is 0 Å². The van der Waals surface area contributed by atoms with Crippen LogP contribution in [0.1, 0.15) is 11.1 Å². The first-order valence-electron chi connectivity index (χ1n) is 8.40. The van der Waals surface area contributed by atoms with E-state index in [1.165, 1.54) is 12.1 Å². The van der Waals surface area contributed by atoms with Crippen LogP contribution < -0.4 is 10.6 Å². The molecule has 0 heterocycles. The summed E-state index contributed by atoms with van der Waals surface area (Å²) in [7, 11) is 0. The summed E-state index contributed by atoms with van der Waals surface area (Å²) < 4.78 is 4.95. The number of nitro groups is 1. The van der Waals surface area contributed by atoms with E-state index in [1.54, 1.807) is 12.1 Å². The number of esters is 1. The van der Waals surface area contributed by atoms with Crippen LogP contribution in [0.15, 0.2) is 48.5 Å². The van der Waals surface area contributed by atoms with Crippen molar-refractivity contribution in [1.29, 1.82) is 0 Å². The van der Waals surface area contributed by atoms with Crippen molar-refractivity contribution in [3.8, 4) is 0 Å². The molecule has 0 aliphatic carbocycles. The molecule has 0 atom stereocenters. The Hall–Kier alpha value is -3.42. The topological polar surface area (TPSA) is 111 Å². The number of nitrogens with one attached hydrogen (secondary N) is 2. The van der Waals surface area contributed by atoms with Gasteiger partial charge in [0.2, 0.25) is 0 Å². The highest BCUT2D eigenvalue weighted by Gasteiger charge is 2.08. The molecule has 8 heteroatoms. The highest BCUT2D eigenvalue weighted by molar-refractivity contribution is 5.81. The number of non-ortho nitro benzene ring substituents is 1. The predicted octanol–water partition coefficient (Wildman–Crippen LogP) is 2.22. The number of hydrogen-bond donors (Lipinski definition) is 2. The third-order valence-electron chi connectivity index (χ3n) is 3.69. The Labute approximate surface area is 156 Å². The van der Waals surface area contributed by atoms with Crippen molar-refractivity contribution in [3.63, 3.8) is 0 Å². The fourth-order valence-electron chi connectivity index (χ4n) is 2.23. The van der Waals surface area contributed by atoms with Crippen molar-refractivity contribution in [2.24, 2.45) is 0 Å². The normalized spacial score (nSPS) is 10.1. The van der Waals surface area contributed by atoms with Crippen LogP contribution >= 0.6 is 0 Å². The summed E-state index contributed by atoms with van der Waals surface area (Å²) in [6.07, 6.45) is 0.120. The third-order valence-corrected chi connectivity index (χ3v) is 3.69. The van der Waals surface area contributed by atoms with Gasteiger partial charge in [0.1, 0.15) is 0 Å². The van der Waals surface area contributed by atoms with E-state index < -0.39 is 16.8 Å². The second-order valence-electron chi connectivity index (χ2n) is 5.90. The quantitative estimate of drug-likeness (QED) is 0.303. The van der Waals surface area contributed by atoms with Crippen molar-refractivity contribution in [1.82, 2.24) is 5.32 Å². The Morgan fingerprint density at radius 3 is 2.33 bits per heavy atom. The molecule has 0 fully saturated rings. The number of carbonyl (C=O) groups excluding carboxylic acids is 2. The number of aryl methyl sites for hydroxylation is 1. The third kappa shape index (κ3) is 7.15. The molecular formula is C19H21N3O5. The molecule has 1 amide bonds. The molecule has 2 rings (SSSR count). The summed E-state index contributed by atoms with van der Waals surface area (Å²) >= 11 is 0. The van der Waals surface area contributed by atoms with E-state index in [4.69, 9.17) is 4.74 Å². The SMILES string of the molecule is Cc1ccc(CC(=O)OCC(=O)NCCNc2ccc([N+](=O)[O-])cc2)cc1. The van der Waals surface area contributed by atoms with E-state index in [-0.39, 0.29) is 18.7 Å². The highest BCUT2D eigenvalue weighted by atomic mass is 16.6. The van der Waals surface area contributed by atoms with Crippen molar-refractivity contribution >= 4 is 23.3 Å². The highest BCUT2D eigenvalue weighted by Crippen LogP contribution is 2.14. The second-order valence-corrected chi connectivity index (χ2v) is 5.90. The molecule has 0 saturated heterocycles. The summed E-state index contributed by atoms with van der Waals surface area (Å²) in [6.45, 7) is 2.39. The van der Waals surface area contributed by atoms with E-state index in [0.29, 0.717) is 18.8 Å². The number of ether oxygens (including phenoxy) is 1.